The number of piperazine rings is 1. The lowest BCUT2D eigenvalue weighted by atomic mass is 10.1. The van der Waals surface area contributed by atoms with Crippen LogP contribution in [0.15, 0.2) is 0 Å². The predicted molar refractivity (Wildman–Crippen MR) is 93.2 cm³/mol. The van der Waals surface area contributed by atoms with Gasteiger partial charge in [-0.2, -0.15) is 4.31 Å². The van der Waals surface area contributed by atoms with Gasteiger partial charge in [0.15, 0.2) is 0 Å². The van der Waals surface area contributed by atoms with E-state index in [1.54, 1.807) is 4.90 Å². The van der Waals surface area contributed by atoms with Crippen LogP contribution in [0.5, 0.6) is 0 Å². The monoisotopic (exact) mass is 371 g/mol. The minimum atomic E-state index is -3.32. The van der Waals surface area contributed by atoms with Crippen molar-refractivity contribution < 1.29 is 17.9 Å². The number of hydrogen-bond acceptors (Lipinski definition) is 5. The lowest BCUT2D eigenvalue weighted by molar-refractivity contribution is -0.133. The van der Waals surface area contributed by atoms with Gasteiger partial charge in [-0.25, -0.2) is 8.42 Å². The molecular weight excluding hydrogens is 342 g/mol. The van der Waals surface area contributed by atoms with Crippen LogP contribution < -0.4 is 5.73 Å². The highest BCUT2D eigenvalue weighted by Crippen LogP contribution is 2.10. The SMILES string of the molecule is CCCC(N)C(=O)N1CCN(S(=O)(=O)CCOC(C)C)CC1.Cl. The number of ether oxygens (including phenoxy) is 1. The van der Waals surface area contributed by atoms with Crippen LogP contribution in [0.25, 0.3) is 0 Å². The lowest BCUT2D eigenvalue weighted by Crippen LogP contribution is -2.54. The van der Waals surface area contributed by atoms with Crippen molar-refractivity contribution in [2.75, 3.05) is 38.5 Å². The van der Waals surface area contributed by atoms with Crippen molar-refractivity contribution in [3.8, 4) is 0 Å². The summed E-state index contributed by atoms with van der Waals surface area (Å²) in [6.45, 7) is 7.38. The molecule has 0 spiro atoms. The molecule has 138 valence electrons. The molecule has 0 aliphatic carbocycles. The zero-order valence-electron chi connectivity index (χ0n) is 14.2. The van der Waals surface area contributed by atoms with E-state index in [0.717, 1.165) is 6.42 Å². The van der Waals surface area contributed by atoms with Crippen molar-refractivity contribution in [2.45, 2.75) is 45.8 Å². The molecule has 0 radical (unpaired) electrons. The first kappa shape index (κ1) is 22.6. The standard InChI is InChI=1S/C14H29N3O4S.ClH/c1-4-5-13(15)14(18)16-6-8-17(9-7-16)22(19,20)11-10-21-12(2)3;/h12-13H,4-11,15H2,1-3H3;1H. The van der Waals surface area contributed by atoms with Crippen LogP contribution in [0, 0.1) is 0 Å². The van der Waals surface area contributed by atoms with Crippen LogP contribution >= 0.6 is 12.4 Å². The Labute approximate surface area is 146 Å². The van der Waals surface area contributed by atoms with Crippen molar-refractivity contribution in [1.29, 1.82) is 0 Å². The number of nitrogens with zero attached hydrogens (tertiary/aromatic N) is 2. The molecular formula is C14H30ClN3O4S. The number of sulfonamides is 1. The molecule has 1 rings (SSSR count). The van der Waals surface area contributed by atoms with Gasteiger partial charge in [0.2, 0.25) is 15.9 Å². The van der Waals surface area contributed by atoms with E-state index in [4.69, 9.17) is 10.5 Å². The molecule has 0 saturated carbocycles. The molecule has 1 heterocycles. The van der Waals surface area contributed by atoms with E-state index in [9.17, 15) is 13.2 Å². The second-order valence-electron chi connectivity index (χ2n) is 5.86. The Bertz CT molecular complexity index is 451. The van der Waals surface area contributed by atoms with E-state index >= 15 is 0 Å². The third kappa shape index (κ3) is 7.34. The third-order valence-electron chi connectivity index (χ3n) is 3.65. The summed E-state index contributed by atoms with van der Waals surface area (Å²) in [7, 11) is -3.32. The first-order chi connectivity index (χ1) is 10.3. The van der Waals surface area contributed by atoms with Gasteiger partial charge < -0.3 is 15.4 Å². The fraction of sp³-hybridized carbons (Fsp3) is 0.929. The molecule has 0 bridgehead atoms. The van der Waals surface area contributed by atoms with E-state index in [-0.39, 0.29) is 36.8 Å². The predicted octanol–water partition coefficient (Wildman–Crippen LogP) is 0.435. The first-order valence-electron chi connectivity index (χ1n) is 7.91. The maximum absolute atomic E-state index is 12.2. The summed E-state index contributed by atoms with van der Waals surface area (Å²) in [6.07, 6.45) is 1.53. The molecule has 1 aliphatic rings. The second kappa shape index (κ2) is 10.5. The van der Waals surface area contributed by atoms with Gasteiger partial charge in [-0.1, -0.05) is 13.3 Å². The number of nitrogens with two attached hydrogens (primary N) is 1. The molecule has 2 N–H and O–H groups in total. The zero-order valence-corrected chi connectivity index (χ0v) is 15.9. The normalized spacial score (nSPS) is 17.9. The summed E-state index contributed by atoms with van der Waals surface area (Å²) < 4.78 is 31.1. The summed E-state index contributed by atoms with van der Waals surface area (Å²) in [6, 6.07) is -0.479. The number of amides is 1. The van der Waals surface area contributed by atoms with Gasteiger partial charge in [0.25, 0.3) is 0 Å². The lowest BCUT2D eigenvalue weighted by Gasteiger charge is -2.35. The summed E-state index contributed by atoms with van der Waals surface area (Å²) in [5.41, 5.74) is 5.83. The minimum absolute atomic E-state index is 0. The fourth-order valence-corrected chi connectivity index (χ4v) is 3.66. The Kier molecular flexibility index (Phi) is 10.3. The molecule has 1 saturated heterocycles. The molecule has 7 nitrogen and oxygen atoms in total. The highest BCUT2D eigenvalue weighted by atomic mass is 35.5. The van der Waals surface area contributed by atoms with Crippen molar-refractivity contribution >= 4 is 28.3 Å². The van der Waals surface area contributed by atoms with Gasteiger partial charge in [0, 0.05) is 26.2 Å². The van der Waals surface area contributed by atoms with Crippen LogP contribution in [0.3, 0.4) is 0 Å². The largest absolute Gasteiger partial charge is 0.378 e. The highest BCUT2D eigenvalue weighted by Gasteiger charge is 2.30. The highest BCUT2D eigenvalue weighted by molar-refractivity contribution is 7.89. The van der Waals surface area contributed by atoms with E-state index < -0.39 is 16.1 Å². The smallest absolute Gasteiger partial charge is 0.239 e. The molecule has 9 heteroatoms. The van der Waals surface area contributed by atoms with Gasteiger partial charge in [-0.05, 0) is 20.3 Å². The maximum atomic E-state index is 12.2. The molecule has 1 aliphatic heterocycles. The van der Waals surface area contributed by atoms with E-state index in [2.05, 4.69) is 0 Å². The summed E-state index contributed by atoms with van der Waals surface area (Å²) >= 11 is 0. The van der Waals surface area contributed by atoms with Crippen molar-refractivity contribution in [2.24, 2.45) is 5.73 Å². The minimum Gasteiger partial charge on any atom is -0.378 e. The van der Waals surface area contributed by atoms with Gasteiger partial charge in [0.1, 0.15) is 0 Å². The van der Waals surface area contributed by atoms with Crippen LogP contribution in [0.1, 0.15) is 33.6 Å². The Hall–Kier alpha value is -0.410. The molecule has 0 aromatic heterocycles. The van der Waals surface area contributed by atoms with Gasteiger partial charge in [0.05, 0.1) is 24.5 Å². The van der Waals surface area contributed by atoms with Crippen molar-refractivity contribution in [3.63, 3.8) is 0 Å². The molecule has 1 atom stereocenters. The Morgan fingerprint density at radius 2 is 1.78 bits per heavy atom. The van der Waals surface area contributed by atoms with Gasteiger partial charge in [-0.15, -0.1) is 12.4 Å². The zero-order chi connectivity index (χ0) is 16.8. The van der Waals surface area contributed by atoms with Gasteiger partial charge in [-0.3, -0.25) is 4.79 Å². The Balaban J connectivity index is 0.00000484. The number of rotatable bonds is 8. The van der Waals surface area contributed by atoms with Gasteiger partial charge >= 0.3 is 0 Å². The number of hydrogen-bond donors (Lipinski definition) is 1. The average Bonchev–Trinajstić information content (AvgIpc) is 2.46. The maximum Gasteiger partial charge on any atom is 0.239 e. The van der Waals surface area contributed by atoms with Crippen molar-refractivity contribution in [3.05, 3.63) is 0 Å². The Morgan fingerprint density at radius 3 is 2.26 bits per heavy atom. The third-order valence-corrected chi connectivity index (χ3v) is 5.49. The van der Waals surface area contributed by atoms with E-state index in [1.807, 2.05) is 20.8 Å². The van der Waals surface area contributed by atoms with Crippen LogP contribution in [0.2, 0.25) is 0 Å². The molecule has 0 aromatic rings. The average molecular weight is 372 g/mol. The number of carbonyl (C=O) groups is 1. The molecule has 23 heavy (non-hydrogen) atoms. The first-order valence-corrected chi connectivity index (χ1v) is 9.52. The molecule has 0 aromatic carbocycles. The fourth-order valence-electron chi connectivity index (χ4n) is 2.37. The molecule has 1 unspecified atom stereocenters. The van der Waals surface area contributed by atoms with Crippen LogP contribution in [0.4, 0.5) is 0 Å². The number of carbonyl (C=O) groups excluding carboxylic acids is 1. The quantitative estimate of drug-likeness (QED) is 0.668. The summed E-state index contributed by atoms with van der Waals surface area (Å²) in [5, 5.41) is 0. The van der Waals surface area contributed by atoms with Crippen LogP contribution in [-0.2, 0) is 19.6 Å². The second-order valence-corrected chi connectivity index (χ2v) is 7.94. The topological polar surface area (TPSA) is 92.9 Å². The van der Waals surface area contributed by atoms with Crippen molar-refractivity contribution in [1.82, 2.24) is 9.21 Å². The molecule has 1 fully saturated rings. The summed E-state index contributed by atoms with van der Waals surface area (Å²) in [5.74, 6) is -0.101. The Morgan fingerprint density at radius 1 is 1.22 bits per heavy atom. The van der Waals surface area contributed by atoms with Crippen LogP contribution in [-0.4, -0.2) is 74.2 Å². The summed E-state index contributed by atoms with van der Waals surface area (Å²) in [4.78, 5) is 13.8. The molecule has 1 amide bonds. The number of halogens is 1. The van der Waals surface area contributed by atoms with E-state index in [0.29, 0.717) is 32.6 Å². The van der Waals surface area contributed by atoms with E-state index in [1.165, 1.54) is 4.31 Å².